The highest BCUT2D eigenvalue weighted by atomic mass is 16.2. The van der Waals surface area contributed by atoms with Crippen molar-refractivity contribution >= 4 is 22.9 Å². The van der Waals surface area contributed by atoms with E-state index in [0.717, 1.165) is 5.56 Å². The molecule has 5 nitrogen and oxygen atoms in total. The van der Waals surface area contributed by atoms with E-state index in [1.165, 1.54) is 0 Å². The Morgan fingerprint density at radius 2 is 1.78 bits per heavy atom. The molecule has 0 saturated heterocycles. The zero-order valence-electron chi connectivity index (χ0n) is 12.3. The van der Waals surface area contributed by atoms with Gasteiger partial charge in [-0.3, -0.25) is 9.59 Å². The minimum absolute atomic E-state index is 0.0357. The van der Waals surface area contributed by atoms with Crippen LogP contribution >= 0.6 is 0 Å². The van der Waals surface area contributed by atoms with Crippen LogP contribution in [-0.4, -0.2) is 15.5 Å². The maximum absolute atomic E-state index is 12.0. The van der Waals surface area contributed by atoms with Gasteiger partial charge in [-0.25, -0.2) is 0 Å². The second-order valence-corrected chi connectivity index (χ2v) is 5.05. The van der Waals surface area contributed by atoms with Gasteiger partial charge in [-0.1, -0.05) is 54.6 Å². The van der Waals surface area contributed by atoms with Crippen molar-refractivity contribution in [2.75, 3.05) is 0 Å². The SMILES string of the molecule is NC(=O)c1nc(=O)c2ccccc2n1C/C=C/c1ccccc1. The van der Waals surface area contributed by atoms with Crippen LogP contribution in [0.3, 0.4) is 0 Å². The average Bonchev–Trinajstić information content (AvgIpc) is 2.57. The van der Waals surface area contributed by atoms with E-state index >= 15 is 0 Å². The smallest absolute Gasteiger partial charge is 0.284 e. The van der Waals surface area contributed by atoms with Crippen molar-refractivity contribution in [3.05, 3.63) is 82.4 Å². The molecule has 0 fully saturated rings. The summed E-state index contributed by atoms with van der Waals surface area (Å²) in [5, 5.41) is 0.464. The normalized spacial score (nSPS) is 11.1. The Balaban J connectivity index is 2.06. The number of benzene rings is 2. The second-order valence-electron chi connectivity index (χ2n) is 5.05. The summed E-state index contributed by atoms with van der Waals surface area (Å²) < 4.78 is 1.65. The van der Waals surface area contributed by atoms with Gasteiger partial charge in [0.2, 0.25) is 5.82 Å². The summed E-state index contributed by atoms with van der Waals surface area (Å²) >= 11 is 0. The average molecular weight is 305 g/mol. The molecule has 3 aromatic rings. The predicted molar refractivity (Wildman–Crippen MR) is 90.0 cm³/mol. The van der Waals surface area contributed by atoms with Gasteiger partial charge >= 0.3 is 0 Å². The number of hydrogen-bond acceptors (Lipinski definition) is 3. The molecule has 5 heteroatoms. The molecule has 0 spiro atoms. The van der Waals surface area contributed by atoms with Crippen molar-refractivity contribution in [2.24, 2.45) is 5.73 Å². The number of amides is 1. The van der Waals surface area contributed by atoms with E-state index in [-0.39, 0.29) is 5.82 Å². The molecule has 0 radical (unpaired) electrons. The number of nitrogens with two attached hydrogens (primary N) is 1. The fourth-order valence-corrected chi connectivity index (χ4v) is 2.45. The van der Waals surface area contributed by atoms with Gasteiger partial charge in [-0.05, 0) is 17.7 Å². The van der Waals surface area contributed by atoms with Gasteiger partial charge in [-0.15, -0.1) is 0 Å². The number of aromatic nitrogens is 2. The molecule has 2 aromatic carbocycles. The van der Waals surface area contributed by atoms with Crippen LogP contribution in [0.2, 0.25) is 0 Å². The number of carbonyl (C=O) groups excluding carboxylic acids is 1. The molecule has 23 heavy (non-hydrogen) atoms. The molecule has 1 amide bonds. The number of allylic oxidation sites excluding steroid dienone is 1. The highest BCUT2D eigenvalue weighted by molar-refractivity contribution is 5.92. The number of fused-ring (bicyclic) bond motifs is 1. The number of para-hydroxylation sites is 1. The van der Waals surface area contributed by atoms with Crippen LogP contribution in [0.15, 0.2) is 65.5 Å². The molecule has 1 heterocycles. The van der Waals surface area contributed by atoms with Crippen LogP contribution in [0.25, 0.3) is 17.0 Å². The van der Waals surface area contributed by atoms with E-state index in [9.17, 15) is 9.59 Å². The maximum Gasteiger partial charge on any atom is 0.284 e. The molecule has 0 unspecified atom stereocenters. The molecule has 0 bridgehead atoms. The molecule has 0 aliphatic carbocycles. The van der Waals surface area contributed by atoms with Gasteiger partial charge in [0.25, 0.3) is 11.5 Å². The lowest BCUT2D eigenvalue weighted by Gasteiger charge is -2.11. The topological polar surface area (TPSA) is 78.0 Å². The Labute approximate surface area is 132 Å². The quantitative estimate of drug-likeness (QED) is 0.802. The lowest BCUT2D eigenvalue weighted by Crippen LogP contribution is -2.26. The third kappa shape index (κ3) is 3.03. The maximum atomic E-state index is 12.0. The van der Waals surface area contributed by atoms with Gasteiger partial charge in [0.1, 0.15) is 0 Å². The van der Waals surface area contributed by atoms with Crippen molar-refractivity contribution in [1.29, 1.82) is 0 Å². The van der Waals surface area contributed by atoms with Crippen molar-refractivity contribution in [2.45, 2.75) is 6.54 Å². The molecule has 3 rings (SSSR count). The molecular formula is C18H15N3O2. The van der Waals surface area contributed by atoms with Crippen molar-refractivity contribution in [3.8, 4) is 0 Å². The van der Waals surface area contributed by atoms with Crippen LogP contribution < -0.4 is 11.3 Å². The highest BCUT2D eigenvalue weighted by Crippen LogP contribution is 2.12. The molecule has 114 valence electrons. The van der Waals surface area contributed by atoms with E-state index < -0.39 is 11.5 Å². The van der Waals surface area contributed by atoms with Crippen LogP contribution in [0.5, 0.6) is 0 Å². The Hall–Kier alpha value is -3.21. The third-order valence-corrected chi connectivity index (χ3v) is 3.51. The summed E-state index contributed by atoms with van der Waals surface area (Å²) in [6.07, 6.45) is 3.85. The third-order valence-electron chi connectivity index (χ3n) is 3.51. The summed E-state index contributed by atoms with van der Waals surface area (Å²) in [7, 11) is 0. The van der Waals surface area contributed by atoms with Crippen molar-refractivity contribution in [3.63, 3.8) is 0 Å². The van der Waals surface area contributed by atoms with E-state index in [4.69, 9.17) is 5.73 Å². The first-order valence-corrected chi connectivity index (χ1v) is 7.18. The second kappa shape index (κ2) is 6.27. The Morgan fingerprint density at radius 3 is 2.52 bits per heavy atom. The minimum atomic E-state index is -0.721. The van der Waals surface area contributed by atoms with E-state index in [0.29, 0.717) is 17.4 Å². The van der Waals surface area contributed by atoms with Crippen LogP contribution in [0.4, 0.5) is 0 Å². The lowest BCUT2D eigenvalue weighted by atomic mass is 10.2. The first-order valence-electron chi connectivity index (χ1n) is 7.18. The monoisotopic (exact) mass is 305 g/mol. The van der Waals surface area contributed by atoms with E-state index in [1.54, 1.807) is 22.8 Å². The summed E-state index contributed by atoms with van der Waals surface area (Å²) in [5.41, 5.74) is 6.61. The van der Waals surface area contributed by atoms with Crippen LogP contribution in [0.1, 0.15) is 16.2 Å². The summed E-state index contributed by atoms with van der Waals surface area (Å²) in [4.78, 5) is 27.5. The van der Waals surface area contributed by atoms with Crippen LogP contribution in [-0.2, 0) is 6.54 Å². The molecule has 2 N–H and O–H groups in total. The van der Waals surface area contributed by atoms with Crippen molar-refractivity contribution in [1.82, 2.24) is 9.55 Å². The Morgan fingerprint density at radius 1 is 1.09 bits per heavy atom. The van der Waals surface area contributed by atoms with E-state index in [2.05, 4.69) is 4.98 Å². The molecule has 0 saturated carbocycles. The lowest BCUT2D eigenvalue weighted by molar-refractivity contribution is 0.0986. The fraction of sp³-hybridized carbons (Fsp3) is 0.0556. The first kappa shape index (κ1) is 14.7. The van der Waals surface area contributed by atoms with Crippen molar-refractivity contribution < 1.29 is 4.79 Å². The Kier molecular flexibility index (Phi) is 4.01. The molecule has 0 aliphatic heterocycles. The zero-order chi connectivity index (χ0) is 16.2. The summed E-state index contributed by atoms with van der Waals surface area (Å²) in [6, 6.07) is 16.8. The predicted octanol–water partition coefficient (Wildman–Crippen LogP) is 2.21. The van der Waals surface area contributed by atoms with Gasteiger partial charge in [0.05, 0.1) is 10.9 Å². The summed E-state index contributed by atoms with van der Waals surface area (Å²) in [6.45, 7) is 0.390. The van der Waals surface area contributed by atoms with Gasteiger partial charge in [0.15, 0.2) is 0 Å². The largest absolute Gasteiger partial charge is 0.363 e. The number of carbonyl (C=O) groups is 1. The fourth-order valence-electron chi connectivity index (χ4n) is 2.45. The summed E-state index contributed by atoms with van der Waals surface area (Å²) in [5.74, 6) is -0.757. The Bertz CT molecular complexity index is 943. The number of hydrogen-bond donors (Lipinski definition) is 1. The van der Waals surface area contributed by atoms with Gasteiger partial charge in [-0.2, -0.15) is 4.98 Å². The zero-order valence-corrected chi connectivity index (χ0v) is 12.3. The van der Waals surface area contributed by atoms with Gasteiger partial charge < -0.3 is 10.3 Å². The molecule has 0 aliphatic rings. The standard InChI is InChI=1S/C18H15N3O2/c19-16(22)17-20-18(23)14-10-4-5-11-15(14)21(17)12-6-9-13-7-2-1-3-8-13/h1-11H,12H2,(H2,19,22)/b9-6+. The number of primary amides is 1. The molecular weight excluding hydrogens is 290 g/mol. The van der Waals surface area contributed by atoms with E-state index in [1.807, 2.05) is 48.6 Å². The van der Waals surface area contributed by atoms with Gasteiger partial charge in [0, 0.05) is 6.54 Å². The molecule has 1 aromatic heterocycles. The highest BCUT2D eigenvalue weighted by Gasteiger charge is 2.13. The minimum Gasteiger partial charge on any atom is -0.363 e. The first-order chi connectivity index (χ1) is 11.2. The number of nitrogens with zero attached hydrogens (tertiary/aromatic N) is 2. The molecule has 0 atom stereocenters. The number of rotatable bonds is 4. The van der Waals surface area contributed by atoms with Crippen LogP contribution in [0, 0.1) is 0 Å².